The van der Waals surface area contributed by atoms with E-state index in [9.17, 15) is 44.4 Å². The first kappa shape index (κ1) is 101. The van der Waals surface area contributed by atoms with E-state index in [0.29, 0.717) is 122 Å². The van der Waals surface area contributed by atoms with Gasteiger partial charge in [-0.1, -0.05) is 111 Å². The zero-order valence-electron chi connectivity index (χ0n) is 82.9. The number of halogens is 1. The number of carbonyl (C=O) groups is 1. The highest BCUT2D eigenvalue weighted by Gasteiger charge is 2.68. The molecule has 0 amide bonds. The zero-order chi connectivity index (χ0) is 90.1. The SMILES string of the molecule is CC#CC.CC#CCC(O)[C@@H](C)[C@H]1CC[C@H]2[C@@H]3CC[C@H]4C[C@](O)(CC)CC[C@]4(C)[C@H]3CC[C@]12C.CC#CC[C@@H](O)[C@@H](C)[C@H]1CC[C@H]2[C@@H]3CC[C@H]4C[C@](O)(CC)CC[C@]4(C)[C@H]3CC[C@]12C.CC#CC[C@H](O)[C@@H](C)[C@H]1CC[C@H]2[C@@H]3CC[C@H]4C[C@](O)(CC)CC[C@]4(C)[C@H]3CC[C@]12C.CC[C@]1(O)CC[C@@]2(C)[C@@H](CC[C@@H]3[C@@H]2CC[C@]2(C)[C@@H]([C@H](C)C=O)CC[C@@H]32)C1.CSF. The molecule has 10 heteroatoms. The number of hydrogen-bond donors (Lipinski definition) is 7. The maximum atomic E-state index is 11.5. The lowest BCUT2D eigenvalue weighted by molar-refractivity contribution is -0.154. The van der Waals surface area contributed by atoms with Crippen molar-refractivity contribution < 1.29 is 44.4 Å². The zero-order valence-corrected chi connectivity index (χ0v) is 83.7. The molecule has 39 atom stereocenters. The van der Waals surface area contributed by atoms with Gasteiger partial charge in [0.05, 0.1) is 40.7 Å². The summed E-state index contributed by atoms with van der Waals surface area (Å²) in [6, 6.07) is 0. The third-order valence-corrected chi connectivity index (χ3v) is 44.5. The molecule has 16 fully saturated rings. The van der Waals surface area contributed by atoms with Crippen LogP contribution in [0.25, 0.3) is 0 Å². The molecular formula is C113H187FO8S. The maximum Gasteiger partial charge on any atom is 0.123 e. The van der Waals surface area contributed by atoms with Crippen LogP contribution in [0, 0.1) is 233 Å². The minimum absolute atomic E-state index is 0.225. The molecule has 0 aliphatic heterocycles. The van der Waals surface area contributed by atoms with E-state index in [4.69, 9.17) is 0 Å². The molecule has 16 rings (SSSR count). The molecule has 16 aliphatic rings. The van der Waals surface area contributed by atoms with Crippen LogP contribution in [0.1, 0.15) is 421 Å². The lowest BCUT2D eigenvalue weighted by Crippen LogP contribution is -2.56. The van der Waals surface area contributed by atoms with Gasteiger partial charge in [0, 0.05) is 43.6 Å². The van der Waals surface area contributed by atoms with E-state index in [1.54, 1.807) is 0 Å². The van der Waals surface area contributed by atoms with Gasteiger partial charge >= 0.3 is 0 Å². The molecule has 16 aliphatic carbocycles. The number of aldehydes is 1. The fourth-order valence-electron chi connectivity index (χ4n) is 36.3. The Morgan fingerprint density at radius 3 is 0.732 bits per heavy atom. The van der Waals surface area contributed by atoms with Gasteiger partial charge in [-0.05, 0) is 471 Å². The second kappa shape index (κ2) is 40.8. The highest BCUT2D eigenvalue weighted by Crippen LogP contribution is 2.75. The van der Waals surface area contributed by atoms with Crippen LogP contribution >= 0.6 is 12.1 Å². The molecule has 0 aromatic rings. The molecule has 0 aromatic heterocycles. The number of aliphatic hydroxyl groups excluding tert-OH is 3. The van der Waals surface area contributed by atoms with Crippen molar-refractivity contribution in [2.75, 3.05) is 6.26 Å². The van der Waals surface area contributed by atoms with Crippen LogP contribution in [0.3, 0.4) is 0 Å². The van der Waals surface area contributed by atoms with Gasteiger partial charge in [0.15, 0.2) is 0 Å². The van der Waals surface area contributed by atoms with E-state index in [-0.39, 0.29) is 36.4 Å². The predicted octanol–water partition coefficient (Wildman–Crippen LogP) is 26.5. The molecule has 0 aromatic carbocycles. The highest BCUT2D eigenvalue weighted by atomic mass is 32.2. The van der Waals surface area contributed by atoms with Crippen LogP contribution in [0.15, 0.2) is 0 Å². The average Bonchev–Trinajstić information content (AvgIpc) is 1.68. The topological polar surface area (TPSA) is 159 Å². The van der Waals surface area contributed by atoms with Gasteiger partial charge in [-0.3, -0.25) is 0 Å². The van der Waals surface area contributed by atoms with Crippen LogP contribution in [0.4, 0.5) is 3.89 Å². The Morgan fingerprint density at radius 2 is 0.528 bits per heavy atom. The molecule has 700 valence electrons. The second-order valence-corrected chi connectivity index (χ2v) is 48.8. The molecule has 123 heavy (non-hydrogen) atoms. The molecule has 7 N–H and O–H groups in total. The van der Waals surface area contributed by atoms with E-state index in [1.807, 2.05) is 34.6 Å². The summed E-state index contributed by atoms with van der Waals surface area (Å²) < 4.78 is 10.2. The third-order valence-electron chi connectivity index (χ3n) is 44.5. The first-order chi connectivity index (χ1) is 58.1. The number of hydrogen-bond acceptors (Lipinski definition) is 9. The monoisotopic (exact) mass is 1720 g/mol. The number of fused-ring (bicyclic) bond motifs is 20. The van der Waals surface area contributed by atoms with Crippen molar-refractivity contribution in [1.29, 1.82) is 0 Å². The molecule has 16 saturated carbocycles. The molecule has 0 radical (unpaired) electrons. The van der Waals surface area contributed by atoms with Gasteiger partial charge in [-0.25, -0.2) is 0 Å². The van der Waals surface area contributed by atoms with Gasteiger partial charge in [-0.15, -0.1) is 47.4 Å². The first-order valence-electron chi connectivity index (χ1n) is 52.2. The normalized spacial score (nSPS) is 48.2. The summed E-state index contributed by atoms with van der Waals surface area (Å²) in [4.78, 5) is 11.5. The van der Waals surface area contributed by atoms with Gasteiger partial charge in [-0.2, -0.15) is 3.89 Å². The Kier molecular flexibility index (Phi) is 33.6. The minimum atomic E-state index is -0.397. The van der Waals surface area contributed by atoms with Crippen molar-refractivity contribution in [3.8, 4) is 47.4 Å². The van der Waals surface area contributed by atoms with E-state index in [0.717, 1.165) is 154 Å². The summed E-state index contributed by atoms with van der Waals surface area (Å²) in [5.74, 6) is 40.4. The lowest BCUT2D eigenvalue weighted by Gasteiger charge is -2.62. The summed E-state index contributed by atoms with van der Waals surface area (Å²) in [5, 5.41) is 76.3. The molecule has 8 nitrogen and oxygen atoms in total. The minimum Gasteiger partial charge on any atom is -0.392 e. The summed E-state index contributed by atoms with van der Waals surface area (Å²) in [6.45, 7) is 47.5. The third kappa shape index (κ3) is 19.4. The van der Waals surface area contributed by atoms with Gasteiger partial charge < -0.3 is 40.5 Å². The predicted molar refractivity (Wildman–Crippen MR) is 511 cm³/mol. The van der Waals surface area contributed by atoms with Crippen molar-refractivity contribution in [3.05, 3.63) is 0 Å². The van der Waals surface area contributed by atoms with Crippen molar-refractivity contribution in [2.24, 2.45) is 185 Å². The van der Waals surface area contributed by atoms with Crippen molar-refractivity contribution >= 4 is 18.4 Å². The molecule has 0 heterocycles. The molecule has 0 spiro atoms. The van der Waals surface area contributed by atoms with E-state index < -0.39 is 22.4 Å². The van der Waals surface area contributed by atoms with Crippen molar-refractivity contribution in [2.45, 2.75) is 462 Å². The summed E-state index contributed by atoms with van der Waals surface area (Å²) in [7, 11) is 0. The molecule has 0 saturated heterocycles. The van der Waals surface area contributed by atoms with E-state index >= 15 is 0 Å². The van der Waals surface area contributed by atoms with Gasteiger partial charge in [0.25, 0.3) is 0 Å². The Labute approximate surface area is 759 Å². The average molecular weight is 1720 g/mol. The maximum absolute atomic E-state index is 11.5. The Bertz CT molecular complexity index is 3430. The second-order valence-electron chi connectivity index (χ2n) is 48.5. The van der Waals surface area contributed by atoms with Crippen molar-refractivity contribution in [3.63, 3.8) is 0 Å². The largest absolute Gasteiger partial charge is 0.392 e. The van der Waals surface area contributed by atoms with Crippen LogP contribution in [0.5, 0.6) is 0 Å². The fourth-order valence-corrected chi connectivity index (χ4v) is 36.3. The Morgan fingerprint density at radius 1 is 0.317 bits per heavy atom. The standard InChI is InChI=1S/3C28H46O2.C24H40O2.C4H6.CH3FS/c3*1-6-8-9-25(29)19(3)22-12-13-23-21-11-10-20-18-28(30,7-2)17-16-26(20,4)24(21)14-15-27(22,23)5;1-5-24(26)13-12-22(3)17(14-24)6-7-18-20-9-8-19(16(2)15-25)23(20,4)11-10-21(18)22;1-3-4-2;1-3-2/h3*19-25,29-30H,7,9-18H2,1-5H3;15-21,26H,5-14H2,1-4H3;1-2H3;1H3/t19-,20-,21-,22+,23-,24-,25?,26-,27+,28-;19-,20-,21-,22+,23-,24-,25+,26-,27+,28-;19-,20-,21-,22+,23-,24-,25-,26-,27+,28-;16-,17+,18+,19-,20+,21+,22+,23-,24+;;/m0001../s1. The number of aliphatic hydroxyl groups is 7. The molecular weight excluding hydrogens is 1540 g/mol. The smallest absolute Gasteiger partial charge is 0.123 e. The van der Waals surface area contributed by atoms with Crippen LogP contribution < -0.4 is 0 Å². The van der Waals surface area contributed by atoms with Crippen molar-refractivity contribution in [1.82, 2.24) is 0 Å². The number of carbonyl (C=O) groups excluding carboxylic acids is 1. The Balaban J connectivity index is 0.000000156. The first-order valence-corrected chi connectivity index (χ1v) is 53.3. The summed E-state index contributed by atoms with van der Waals surface area (Å²) >= 11 is 0.250. The van der Waals surface area contributed by atoms with Crippen LogP contribution in [0.2, 0.25) is 0 Å². The van der Waals surface area contributed by atoms with E-state index in [2.05, 4.69) is 158 Å². The fraction of sp³-hybridized carbons (Fsp3) is 0.920. The highest BCUT2D eigenvalue weighted by molar-refractivity contribution is 7.93. The van der Waals surface area contributed by atoms with Crippen LogP contribution in [-0.4, -0.2) is 89.0 Å². The van der Waals surface area contributed by atoms with E-state index in [1.165, 1.54) is 192 Å². The van der Waals surface area contributed by atoms with Gasteiger partial charge in [0.2, 0.25) is 0 Å². The molecule has 0 bridgehead atoms. The summed E-state index contributed by atoms with van der Waals surface area (Å²) in [5.41, 5.74) is 1.74. The number of rotatable bonds is 15. The summed E-state index contributed by atoms with van der Waals surface area (Å²) in [6.07, 6.45) is 52.4. The molecule has 1 unspecified atom stereocenters. The quantitative estimate of drug-likeness (QED) is 0.0626. The Hall–Kier alpha value is -2.09. The lowest BCUT2D eigenvalue weighted by atomic mass is 9.43. The van der Waals surface area contributed by atoms with Crippen LogP contribution in [-0.2, 0) is 4.79 Å². The van der Waals surface area contributed by atoms with Gasteiger partial charge in [0.1, 0.15) is 6.29 Å².